The molecular formula is C16H17Br2NO. The van der Waals surface area contributed by atoms with E-state index in [2.05, 4.69) is 74.4 Å². The van der Waals surface area contributed by atoms with Crippen molar-refractivity contribution >= 4 is 31.9 Å². The molecule has 0 radical (unpaired) electrons. The molecule has 1 unspecified atom stereocenters. The third kappa shape index (κ3) is 4.08. The van der Waals surface area contributed by atoms with Crippen molar-refractivity contribution in [3.8, 4) is 5.75 Å². The van der Waals surface area contributed by atoms with Gasteiger partial charge in [0.15, 0.2) is 0 Å². The Balaban J connectivity index is 2.04. The van der Waals surface area contributed by atoms with E-state index < -0.39 is 0 Å². The van der Waals surface area contributed by atoms with Crippen molar-refractivity contribution < 1.29 is 4.74 Å². The van der Waals surface area contributed by atoms with Crippen LogP contribution >= 0.6 is 31.9 Å². The molecule has 0 aromatic heterocycles. The molecule has 0 saturated heterocycles. The summed E-state index contributed by atoms with van der Waals surface area (Å²) in [6, 6.07) is 14.7. The monoisotopic (exact) mass is 397 g/mol. The minimum absolute atomic E-state index is 0.284. The average molecular weight is 399 g/mol. The summed E-state index contributed by atoms with van der Waals surface area (Å²) in [4.78, 5) is 0. The zero-order valence-electron chi connectivity index (χ0n) is 11.5. The molecule has 2 aromatic carbocycles. The van der Waals surface area contributed by atoms with Crippen LogP contribution in [-0.2, 0) is 6.54 Å². The van der Waals surface area contributed by atoms with E-state index in [1.165, 1.54) is 5.56 Å². The number of benzene rings is 2. The first-order valence-electron chi connectivity index (χ1n) is 6.41. The van der Waals surface area contributed by atoms with Gasteiger partial charge in [0.05, 0.1) is 7.11 Å². The van der Waals surface area contributed by atoms with Gasteiger partial charge < -0.3 is 10.1 Å². The molecule has 0 spiro atoms. The summed E-state index contributed by atoms with van der Waals surface area (Å²) in [5.41, 5.74) is 2.41. The number of ether oxygens (including phenoxy) is 1. The van der Waals surface area contributed by atoms with E-state index in [4.69, 9.17) is 4.74 Å². The third-order valence-electron chi connectivity index (χ3n) is 3.21. The molecule has 2 aromatic rings. The van der Waals surface area contributed by atoms with E-state index in [1.807, 2.05) is 12.1 Å². The second-order valence-corrected chi connectivity index (χ2v) is 6.44. The molecule has 1 atom stereocenters. The fourth-order valence-electron chi connectivity index (χ4n) is 2.02. The van der Waals surface area contributed by atoms with Crippen molar-refractivity contribution in [1.29, 1.82) is 0 Å². The fraction of sp³-hybridized carbons (Fsp3) is 0.250. The van der Waals surface area contributed by atoms with E-state index in [-0.39, 0.29) is 6.04 Å². The number of rotatable bonds is 5. The molecule has 0 aliphatic carbocycles. The zero-order chi connectivity index (χ0) is 14.5. The lowest BCUT2D eigenvalue weighted by atomic mass is 10.1. The molecule has 2 rings (SSSR count). The van der Waals surface area contributed by atoms with Crippen LogP contribution < -0.4 is 10.1 Å². The smallest absolute Gasteiger partial charge is 0.123 e. The predicted molar refractivity (Wildman–Crippen MR) is 90.1 cm³/mol. The number of methoxy groups -OCH3 is 1. The van der Waals surface area contributed by atoms with Gasteiger partial charge in [-0.1, -0.05) is 44.0 Å². The zero-order valence-corrected chi connectivity index (χ0v) is 14.7. The molecule has 106 valence electrons. The van der Waals surface area contributed by atoms with Gasteiger partial charge in [0.2, 0.25) is 0 Å². The Morgan fingerprint density at radius 3 is 2.35 bits per heavy atom. The van der Waals surface area contributed by atoms with Crippen LogP contribution in [0.4, 0.5) is 0 Å². The highest BCUT2D eigenvalue weighted by Crippen LogP contribution is 2.24. The Bertz CT molecular complexity index is 569. The fourth-order valence-corrected chi connectivity index (χ4v) is 2.69. The topological polar surface area (TPSA) is 21.3 Å². The van der Waals surface area contributed by atoms with Crippen molar-refractivity contribution in [3.05, 3.63) is 62.5 Å². The van der Waals surface area contributed by atoms with Crippen LogP contribution in [-0.4, -0.2) is 7.11 Å². The lowest BCUT2D eigenvalue weighted by Crippen LogP contribution is -2.18. The van der Waals surface area contributed by atoms with Gasteiger partial charge in [-0.05, 0) is 42.8 Å². The molecule has 2 nitrogen and oxygen atoms in total. The van der Waals surface area contributed by atoms with E-state index in [0.717, 1.165) is 26.8 Å². The quantitative estimate of drug-likeness (QED) is 0.758. The molecule has 0 fully saturated rings. The summed E-state index contributed by atoms with van der Waals surface area (Å²) in [6.07, 6.45) is 0. The first kappa shape index (κ1) is 15.5. The summed E-state index contributed by atoms with van der Waals surface area (Å²) in [5, 5.41) is 3.52. The second kappa shape index (κ2) is 7.25. The third-order valence-corrected chi connectivity index (χ3v) is 4.23. The molecule has 0 aliphatic heterocycles. The number of hydrogen-bond donors (Lipinski definition) is 1. The second-order valence-electron chi connectivity index (χ2n) is 4.61. The summed E-state index contributed by atoms with van der Waals surface area (Å²) < 4.78 is 7.55. The van der Waals surface area contributed by atoms with Gasteiger partial charge in [0, 0.05) is 27.1 Å². The maximum Gasteiger partial charge on any atom is 0.123 e. The highest BCUT2D eigenvalue weighted by molar-refractivity contribution is 9.10. The Morgan fingerprint density at radius 1 is 1.05 bits per heavy atom. The SMILES string of the molecule is COc1ccc(Br)cc1CNC(C)c1ccc(Br)cc1. The van der Waals surface area contributed by atoms with Crippen molar-refractivity contribution in [2.45, 2.75) is 19.5 Å². The predicted octanol–water partition coefficient (Wildman–Crippen LogP) is 5.07. The molecule has 0 amide bonds. The van der Waals surface area contributed by atoms with Gasteiger partial charge in [-0.25, -0.2) is 0 Å². The van der Waals surface area contributed by atoms with Crippen LogP contribution in [0.2, 0.25) is 0 Å². The van der Waals surface area contributed by atoms with Crippen LogP contribution in [0.25, 0.3) is 0 Å². The van der Waals surface area contributed by atoms with Crippen molar-refractivity contribution in [2.75, 3.05) is 7.11 Å². The van der Waals surface area contributed by atoms with Gasteiger partial charge in [0.25, 0.3) is 0 Å². The Kier molecular flexibility index (Phi) is 5.64. The lowest BCUT2D eigenvalue weighted by Gasteiger charge is -2.16. The van der Waals surface area contributed by atoms with Crippen LogP contribution in [0.3, 0.4) is 0 Å². The molecule has 0 aliphatic rings. The highest BCUT2D eigenvalue weighted by atomic mass is 79.9. The van der Waals surface area contributed by atoms with Gasteiger partial charge in [-0.2, -0.15) is 0 Å². The maximum absolute atomic E-state index is 5.39. The van der Waals surface area contributed by atoms with Crippen LogP contribution in [0.1, 0.15) is 24.1 Å². The summed E-state index contributed by atoms with van der Waals surface area (Å²) in [7, 11) is 1.70. The molecule has 1 N–H and O–H groups in total. The highest BCUT2D eigenvalue weighted by Gasteiger charge is 2.08. The van der Waals surface area contributed by atoms with Gasteiger partial charge in [-0.3, -0.25) is 0 Å². The van der Waals surface area contributed by atoms with Gasteiger partial charge >= 0.3 is 0 Å². The van der Waals surface area contributed by atoms with Crippen LogP contribution in [0.5, 0.6) is 5.75 Å². The molecule has 4 heteroatoms. The summed E-state index contributed by atoms with van der Waals surface area (Å²) >= 11 is 6.95. The molecule has 0 bridgehead atoms. The van der Waals surface area contributed by atoms with Crippen molar-refractivity contribution in [3.63, 3.8) is 0 Å². The van der Waals surface area contributed by atoms with E-state index in [0.29, 0.717) is 0 Å². The van der Waals surface area contributed by atoms with Gasteiger partial charge in [0.1, 0.15) is 5.75 Å². The largest absolute Gasteiger partial charge is 0.496 e. The van der Waals surface area contributed by atoms with Crippen LogP contribution in [0, 0.1) is 0 Å². The molecule has 0 heterocycles. The maximum atomic E-state index is 5.39. The summed E-state index contributed by atoms with van der Waals surface area (Å²) in [6.45, 7) is 2.92. The Hall–Kier alpha value is -0.840. The van der Waals surface area contributed by atoms with Crippen molar-refractivity contribution in [1.82, 2.24) is 5.32 Å². The average Bonchev–Trinajstić information content (AvgIpc) is 2.45. The molecule has 20 heavy (non-hydrogen) atoms. The van der Waals surface area contributed by atoms with Crippen molar-refractivity contribution in [2.24, 2.45) is 0 Å². The number of halogens is 2. The minimum atomic E-state index is 0.284. The van der Waals surface area contributed by atoms with Gasteiger partial charge in [-0.15, -0.1) is 0 Å². The molecular weight excluding hydrogens is 382 g/mol. The van der Waals surface area contributed by atoms with E-state index in [1.54, 1.807) is 7.11 Å². The first-order chi connectivity index (χ1) is 9.60. The Morgan fingerprint density at radius 2 is 1.70 bits per heavy atom. The normalized spacial score (nSPS) is 12.2. The number of nitrogens with one attached hydrogen (secondary N) is 1. The van der Waals surface area contributed by atoms with E-state index >= 15 is 0 Å². The standard InChI is InChI=1S/C16H17Br2NO/c1-11(12-3-5-14(17)6-4-12)19-10-13-9-15(18)7-8-16(13)20-2/h3-9,11,19H,10H2,1-2H3. The lowest BCUT2D eigenvalue weighted by molar-refractivity contribution is 0.406. The minimum Gasteiger partial charge on any atom is -0.496 e. The van der Waals surface area contributed by atoms with E-state index in [9.17, 15) is 0 Å². The van der Waals surface area contributed by atoms with Crippen LogP contribution in [0.15, 0.2) is 51.4 Å². The first-order valence-corrected chi connectivity index (χ1v) is 8.00. The molecule has 0 saturated carbocycles. The summed E-state index contributed by atoms with van der Waals surface area (Å²) in [5.74, 6) is 0.906. The Labute approximate surface area is 136 Å². The number of hydrogen-bond acceptors (Lipinski definition) is 2.